The van der Waals surface area contributed by atoms with Crippen LogP contribution in [-0.2, 0) is 5.75 Å². The van der Waals surface area contributed by atoms with Crippen LogP contribution in [0.1, 0.15) is 41.4 Å². The summed E-state index contributed by atoms with van der Waals surface area (Å²) < 4.78 is 18.9. The molecule has 3 rings (SSSR count). The predicted octanol–water partition coefficient (Wildman–Crippen LogP) is 6.01. The normalized spacial score (nSPS) is 11.7. The molecule has 1 atom stereocenters. The molecule has 0 heterocycles. The van der Waals surface area contributed by atoms with Gasteiger partial charge in [0.1, 0.15) is 11.6 Å². The Morgan fingerprint density at radius 3 is 2.48 bits per heavy atom. The van der Waals surface area contributed by atoms with Gasteiger partial charge >= 0.3 is 0 Å². The second-order valence-corrected chi connectivity index (χ2v) is 7.65. The first-order valence-corrected chi connectivity index (χ1v) is 10.5. The molecule has 0 aromatic heterocycles. The van der Waals surface area contributed by atoms with Crippen LogP contribution in [0.3, 0.4) is 0 Å². The van der Waals surface area contributed by atoms with E-state index >= 15 is 0 Å². The number of carbonyl (C=O) groups is 1. The zero-order valence-corrected chi connectivity index (χ0v) is 17.3. The van der Waals surface area contributed by atoms with Crippen LogP contribution >= 0.6 is 11.8 Å². The standard InChI is InChI=1S/C24H24FNO2S/c1-3-28-23-14-11-19(15-20(23)16-29-22-7-5-4-6-8-22)24(27)26-17(2)18-9-12-21(25)13-10-18/h4-15,17H,3,16H2,1-2H3,(H,26,27)/t17-/m1/s1. The molecule has 3 aromatic carbocycles. The highest BCUT2D eigenvalue weighted by Crippen LogP contribution is 2.29. The molecule has 0 spiro atoms. The lowest BCUT2D eigenvalue weighted by atomic mass is 10.1. The third kappa shape index (κ3) is 5.84. The lowest BCUT2D eigenvalue weighted by molar-refractivity contribution is 0.0939. The maximum absolute atomic E-state index is 13.1. The van der Waals surface area contributed by atoms with Gasteiger partial charge in [-0.2, -0.15) is 0 Å². The Bertz CT molecular complexity index is 945. The van der Waals surface area contributed by atoms with E-state index < -0.39 is 0 Å². The van der Waals surface area contributed by atoms with Crippen molar-refractivity contribution >= 4 is 17.7 Å². The highest BCUT2D eigenvalue weighted by molar-refractivity contribution is 7.98. The third-order valence-electron chi connectivity index (χ3n) is 4.48. The molecule has 3 aromatic rings. The second-order valence-electron chi connectivity index (χ2n) is 6.60. The summed E-state index contributed by atoms with van der Waals surface area (Å²) >= 11 is 1.70. The molecule has 0 saturated carbocycles. The molecule has 0 unspecified atom stereocenters. The Balaban J connectivity index is 1.74. The Hall–Kier alpha value is -2.79. The number of nitrogens with one attached hydrogen (secondary N) is 1. The molecule has 0 radical (unpaired) electrons. The van der Waals surface area contributed by atoms with E-state index in [1.165, 1.54) is 12.1 Å². The minimum Gasteiger partial charge on any atom is -0.494 e. The summed E-state index contributed by atoms with van der Waals surface area (Å²) in [6.07, 6.45) is 0. The highest BCUT2D eigenvalue weighted by atomic mass is 32.2. The van der Waals surface area contributed by atoms with Gasteiger partial charge in [-0.1, -0.05) is 30.3 Å². The van der Waals surface area contributed by atoms with Crippen LogP contribution < -0.4 is 10.1 Å². The highest BCUT2D eigenvalue weighted by Gasteiger charge is 2.14. The van der Waals surface area contributed by atoms with Gasteiger partial charge in [0.15, 0.2) is 0 Å². The number of benzene rings is 3. The minimum atomic E-state index is -0.292. The van der Waals surface area contributed by atoms with E-state index in [2.05, 4.69) is 17.4 Å². The first kappa shape index (κ1) is 20.9. The van der Waals surface area contributed by atoms with Crippen LogP contribution in [0.15, 0.2) is 77.7 Å². The average Bonchev–Trinajstić information content (AvgIpc) is 2.74. The lowest BCUT2D eigenvalue weighted by Crippen LogP contribution is -2.26. The summed E-state index contributed by atoms with van der Waals surface area (Å²) in [6, 6.07) is 21.6. The molecular formula is C24H24FNO2S. The van der Waals surface area contributed by atoms with E-state index in [1.54, 1.807) is 30.0 Å². The number of halogens is 1. The van der Waals surface area contributed by atoms with Crippen molar-refractivity contribution < 1.29 is 13.9 Å². The summed E-state index contributed by atoms with van der Waals surface area (Å²) in [4.78, 5) is 13.9. The van der Waals surface area contributed by atoms with Gasteiger partial charge in [0.2, 0.25) is 0 Å². The molecule has 1 amide bonds. The quantitative estimate of drug-likeness (QED) is 0.463. The maximum Gasteiger partial charge on any atom is 0.251 e. The predicted molar refractivity (Wildman–Crippen MR) is 116 cm³/mol. The molecule has 0 bridgehead atoms. The Morgan fingerprint density at radius 2 is 1.79 bits per heavy atom. The van der Waals surface area contributed by atoms with E-state index in [1.807, 2.05) is 44.2 Å². The number of carbonyl (C=O) groups excluding carboxylic acids is 1. The van der Waals surface area contributed by atoms with Crippen LogP contribution in [0.4, 0.5) is 4.39 Å². The number of hydrogen-bond acceptors (Lipinski definition) is 3. The number of amides is 1. The fourth-order valence-corrected chi connectivity index (χ4v) is 3.82. The van der Waals surface area contributed by atoms with Crippen molar-refractivity contribution in [3.63, 3.8) is 0 Å². The van der Waals surface area contributed by atoms with Gasteiger partial charge in [-0.15, -0.1) is 11.8 Å². The average molecular weight is 410 g/mol. The molecule has 0 aliphatic rings. The Labute approximate surface area is 175 Å². The number of thioether (sulfide) groups is 1. The van der Waals surface area contributed by atoms with Crippen LogP contribution in [0.25, 0.3) is 0 Å². The van der Waals surface area contributed by atoms with E-state index in [0.29, 0.717) is 17.9 Å². The smallest absolute Gasteiger partial charge is 0.251 e. The third-order valence-corrected chi connectivity index (χ3v) is 5.54. The maximum atomic E-state index is 13.1. The SMILES string of the molecule is CCOc1ccc(C(=O)N[C@H](C)c2ccc(F)cc2)cc1CSc1ccccc1. The number of ether oxygens (including phenoxy) is 1. The zero-order valence-electron chi connectivity index (χ0n) is 16.5. The summed E-state index contributed by atoms with van der Waals surface area (Å²) in [7, 11) is 0. The molecule has 0 aliphatic carbocycles. The van der Waals surface area contributed by atoms with Gasteiger partial charge in [-0.3, -0.25) is 4.79 Å². The Morgan fingerprint density at radius 1 is 1.07 bits per heavy atom. The fourth-order valence-electron chi connectivity index (χ4n) is 2.92. The van der Waals surface area contributed by atoms with E-state index in [-0.39, 0.29) is 17.8 Å². The first-order chi connectivity index (χ1) is 14.1. The number of rotatable bonds is 8. The van der Waals surface area contributed by atoms with Crippen molar-refractivity contribution in [1.82, 2.24) is 5.32 Å². The summed E-state index contributed by atoms with van der Waals surface area (Å²) in [5.74, 6) is 1.03. The molecule has 150 valence electrons. The fraction of sp³-hybridized carbons (Fsp3) is 0.208. The molecule has 0 saturated heterocycles. The van der Waals surface area contributed by atoms with E-state index in [0.717, 1.165) is 21.8 Å². The first-order valence-electron chi connectivity index (χ1n) is 9.56. The van der Waals surface area contributed by atoms with Gasteiger partial charge in [0.05, 0.1) is 12.6 Å². The lowest BCUT2D eigenvalue weighted by Gasteiger charge is -2.16. The molecule has 0 aliphatic heterocycles. The van der Waals surface area contributed by atoms with Crippen LogP contribution in [0.2, 0.25) is 0 Å². The van der Waals surface area contributed by atoms with Gasteiger partial charge in [0, 0.05) is 21.8 Å². The molecule has 5 heteroatoms. The number of hydrogen-bond donors (Lipinski definition) is 1. The second kappa shape index (κ2) is 10.1. The molecule has 3 nitrogen and oxygen atoms in total. The van der Waals surface area contributed by atoms with Crippen molar-refractivity contribution in [3.8, 4) is 5.75 Å². The Kier molecular flexibility index (Phi) is 7.30. The molecule has 29 heavy (non-hydrogen) atoms. The van der Waals surface area contributed by atoms with Crippen LogP contribution in [-0.4, -0.2) is 12.5 Å². The van der Waals surface area contributed by atoms with Crippen molar-refractivity contribution in [1.29, 1.82) is 0 Å². The van der Waals surface area contributed by atoms with Crippen LogP contribution in [0.5, 0.6) is 5.75 Å². The summed E-state index contributed by atoms with van der Waals surface area (Å²) in [5.41, 5.74) is 2.40. The largest absolute Gasteiger partial charge is 0.494 e. The topological polar surface area (TPSA) is 38.3 Å². The molecule has 0 fully saturated rings. The van der Waals surface area contributed by atoms with Gasteiger partial charge in [-0.05, 0) is 61.9 Å². The van der Waals surface area contributed by atoms with Crippen LogP contribution in [0, 0.1) is 5.82 Å². The molecular weight excluding hydrogens is 385 g/mol. The van der Waals surface area contributed by atoms with Gasteiger partial charge in [0.25, 0.3) is 5.91 Å². The van der Waals surface area contributed by atoms with Gasteiger partial charge < -0.3 is 10.1 Å². The summed E-state index contributed by atoms with van der Waals surface area (Å²) in [5, 5.41) is 2.98. The summed E-state index contributed by atoms with van der Waals surface area (Å²) in [6.45, 7) is 4.39. The molecule has 1 N–H and O–H groups in total. The van der Waals surface area contributed by atoms with E-state index in [9.17, 15) is 9.18 Å². The monoisotopic (exact) mass is 409 g/mol. The van der Waals surface area contributed by atoms with Crippen molar-refractivity contribution in [3.05, 3.63) is 95.3 Å². The van der Waals surface area contributed by atoms with Gasteiger partial charge in [-0.25, -0.2) is 4.39 Å². The van der Waals surface area contributed by atoms with E-state index in [4.69, 9.17) is 4.74 Å². The van der Waals surface area contributed by atoms with Crippen molar-refractivity contribution in [2.75, 3.05) is 6.61 Å². The van der Waals surface area contributed by atoms with Crippen molar-refractivity contribution in [2.45, 2.75) is 30.5 Å². The zero-order chi connectivity index (χ0) is 20.6. The minimum absolute atomic E-state index is 0.171. The van der Waals surface area contributed by atoms with Crippen molar-refractivity contribution in [2.24, 2.45) is 0 Å².